The van der Waals surface area contributed by atoms with Crippen LogP contribution in [0.5, 0.6) is 5.75 Å². The van der Waals surface area contributed by atoms with Gasteiger partial charge < -0.3 is 19.6 Å². The van der Waals surface area contributed by atoms with Crippen molar-refractivity contribution >= 4 is 33.0 Å². The molecule has 2 atom stereocenters. The number of hydrogen-bond acceptors (Lipinski definition) is 6. The van der Waals surface area contributed by atoms with Crippen LogP contribution in [0.25, 0.3) is 11.1 Å². The van der Waals surface area contributed by atoms with Gasteiger partial charge in [0.15, 0.2) is 0 Å². The molecule has 9 heteroatoms. The summed E-state index contributed by atoms with van der Waals surface area (Å²) in [6.07, 6.45) is 3.40. The molecule has 8 nitrogen and oxygen atoms in total. The Kier molecular flexibility index (Phi) is 6.34. The van der Waals surface area contributed by atoms with E-state index in [0.717, 1.165) is 42.5 Å². The zero-order valence-corrected chi connectivity index (χ0v) is 24.1. The lowest BCUT2D eigenvalue weighted by atomic mass is 9.84. The van der Waals surface area contributed by atoms with Crippen molar-refractivity contribution < 1.29 is 23.1 Å². The van der Waals surface area contributed by atoms with Gasteiger partial charge in [-0.1, -0.05) is 45.0 Å². The third-order valence-electron chi connectivity index (χ3n) is 8.05. The molecule has 0 radical (unpaired) electrons. The molecule has 4 aliphatic heterocycles. The van der Waals surface area contributed by atoms with Crippen LogP contribution in [-0.2, 0) is 26.6 Å². The lowest BCUT2D eigenvalue weighted by Gasteiger charge is -2.48. The first-order valence-electron chi connectivity index (χ1n) is 13.7. The molecule has 2 bridgehead atoms. The summed E-state index contributed by atoms with van der Waals surface area (Å²) in [6, 6.07) is 17.3. The third-order valence-corrected chi connectivity index (χ3v) is 8.64. The number of amides is 1. The number of carbonyl (C=O) groups is 1. The van der Waals surface area contributed by atoms with E-state index in [1.165, 1.54) is 23.4 Å². The molecule has 210 valence electrons. The number of nitrogens with zero attached hydrogens (tertiary/aromatic N) is 2. The van der Waals surface area contributed by atoms with E-state index >= 15 is 0 Å². The molecule has 4 aliphatic rings. The molecule has 7 rings (SSSR count). The van der Waals surface area contributed by atoms with Gasteiger partial charge in [-0.05, 0) is 58.9 Å². The van der Waals surface area contributed by atoms with E-state index in [9.17, 15) is 18.3 Å². The minimum Gasteiger partial charge on any atom is -0.506 e. The molecular weight excluding hydrogens is 526 g/mol. The van der Waals surface area contributed by atoms with Crippen LogP contribution in [0.3, 0.4) is 0 Å². The van der Waals surface area contributed by atoms with E-state index in [1.54, 1.807) is 11.0 Å². The van der Waals surface area contributed by atoms with Gasteiger partial charge in [0.1, 0.15) is 5.75 Å². The summed E-state index contributed by atoms with van der Waals surface area (Å²) < 4.78 is 31.7. The normalized spacial score (nSPS) is 20.6. The number of hydrogen-bond donors (Lipinski definition) is 2. The highest BCUT2D eigenvalue weighted by Crippen LogP contribution is 2.40. The van der Waals surface area contributed by atoms with Crippen molar-refractivity contribution in [3.63, 3.8) is 0 Å². The van der Waals surface area contributed by atoms with Crippen LogP contribution in [0.4, 0.5) is 17.1 Å². The van der Waals surface area contributed by atoms with Crippen molar-refractivity contribution in [1.82, 2.24) is 0 Å². The van der Waals surface area contributed by atoms with Gasteiger partial charge >= 0.3 is 0 Å². The smallest absolute Gasteiger partial charge is 0.258 e. The minimum atomic E-state index is -3.59. The number of piperidine rings is 1. The molecular formula is C31H35N3O5S. The quantitative estimate of drug-likeness (QED) is 0.430. The molecule has 3 aromatic carbocycles. The predicted octanol–water partition coefficient (Wildman–Crippen LogP) is 4.91. The van der Waals surface area contributed by atoms with Crippen LogP contribution in [0.15, 0.2) is 54.6 Å². The van der Waals surface area contributed by atoms with Crippen LogP contribution in [0.1, 0.15) is 48.7 Å². The monoisotopic (exact) mass is 561 g/mol. The standard InChI is InChI=1S/C31H35N3O5S/c1-31(2,3)21-6-9-25(28(14-21)33-17-23-16-24(18-33)39-23)19-5-8-26-20(13-19)11-12-34(30(26)36)22-7-10-29(35)27(15-22)32-40(4,37)38/h5-10,13-15,23-24,32,35H,11-12,16-18H2,1-4H3. The molecule has 0 aliphatic carbocycles. The number of ether oxygens (including phenoxy) is 1. The molecule has 3 saturated heterocycles. The molecule has 0 saturated carbocycles. The third kappa shape index (κ3) is 5.04. The van der Waals surface area contributed by atoms with Crippen molar-refractivity contribution in [2.45, 2.75) is 51.2 Å². The zero-order chi connectivity index (χ0) is 28.4. The molecule has 3 fully saturated rings. The summed E-state index contributed by atoms with van der Waals surface area (Å²) >= 11 is 0. The predicted molar refractivity (Wildman–Crippen MR) is 158 cm³/mol. The molecule has 1 amide bonds. The first kappa shape index (κ1) is 26.7. The maximum atomic E-state index is 13.6. The van der Waals surface area contributed by atoms with E-state index in [4.69, 9.17) is 4.74 Å². The average Bonchev–Trinajstić information content (AvgIpc) is 2.88. The SMILES string of the molecule is CC(C)(C)c1ccc(-c2ccc3c(c2)CCN(c2ccc(O)c(NS(C)(=O)=O)c2)C3=O)c(N2CC3CC(C2)O3)c1. The van der Waals surface area contributed by atoms with Crippen LogP contribution >= 0.6 is 0 Å². The number of phenols is 1. The Labute approximate surface area is 235 Å². The van der Waals surface area contributed by atoms with Gasteiger partial charge in [-0.2, -0.15) is 0 Å². The number of phenolic OH excluding ortho intramolecular Hbond substituents is 1. The largest absolute Gasteiger partial charge is 0.506 e. The van der Waals surface area contributed by atoms with Gasteiger partial charge in [0.05, 0.1) is 24.2 Å². The Morgan fingerprint density at radius 3 is 2.35 bits per heavy atom. The van der Waals surface area contributed by atoms with Gasteiger partial charge in [-0.25, -0.2) is 8.42 Å². The molecule has 2 unspecified atom stereocenters. The number of sulfonamides is 1. The highest BCUT2D eigenvalue weighted by Gasteiger charge is 2.39. The van der Waals surface area contributed by atoms with Gasteiger partial charge in [0, 0.05) is 48.6 Å². The summed E-state index contributed by atoms with van der Waals surface area (Å²) in [6.45, 7) is 8.91. The van der Waals surface area contributed by atoms with Gasteiger partial charge in [-0.15, -0.1) is 0 Å². The summed E-state index contributed by atoms with van der Waals surface area (Å²) in [5.41, 5.74) is 6.94. The number of morpholine rings is 1. The Bertz CT molecular complexity index is 1600. The van der Waals surface area contributed by atoms with Gasteiger partial charge in [0.25, 0.3) is 5.91 Å². The molecule has 40 heavy (non-hydrogen) atoms. The first-order chi connectivity index (χ1) is 18.9. The summed E-state index contributed by atoms with van der Waals surface area (Å²) in [7, 11) is -3.59. The van der Waals surface area contributed by atoms with E-state index in [1.807, 2.05) is 12.1 Å². The Morgan fingerprint density at radius 2 is 1.68 bits per heavy atom. The fourth-order valence-electron chi connectivity index (χ4n) is 5.93. The number of nitrogens with one attached hydrogen (secondary N) is 1. The Morgan fingerprint density at radius 1 is 0.975 bits per heavy atom. The second-order valence-electron chi connectivity index (χ2n) is 12.2. The number of anilines is 3. The van der Waals surface area contributed by atoms with E-state index in [0.29, 0.717) is 36.4 Å². The van der Waals surface area contributed by atoms with Crippen molar-refractivity contribution in [2.75, 3.05) is 40.4 Å². The summed E-state index contributed by atoms with van der Waals surface area (Å²) in [5, 5.41) is 10.1. The van der Waals surface area contributed by atoms with Crippen LogP contribution < -0.4 is 14.5 Å². The van der Waals surface area contributed by atoms with Crippen LogP contribution in [0, 0.1) is 0 Å². The Hall–Kier alpha value is -3.56. The summed E-state index contributed by atoms with van der Waals surface area (Å²) in [5.74, 6) is -0.352. The highest BCUT2D eigenvalue weighted by molar-refractivity contribution is 7.92. The van der Waals surface area contributed by atoms with Crippen molar-refractivity contribution in [1.29, 1.82) is 0 Å². The lowest BCUT2D eigenvalue weighted by molar-refractivity contribution is -0.133. The highest BCUT2D eigenvalue weighted by atomic mass is 32.2. The van der Waals surface area contributed by atoms with Crippen LogP contribution in [0.2, 0.25) is 0 Å². The van der Waals surface area contributed by atoms with E-state index < -0.39 is 10.0 Å². The van der Waals surface area contributed by atoms with Crippen LogP contribution in [-0.4, -0.2) is 57.5 Å². The second kappa shape index (κ2) is 9.52. The van der Waals surface area contributed by atoms with Gasteiger partial charge in [-0.3, -0.25) is 9.52 Å². The fourth-order valence-corrected chi connectivity index (χ4v) is 6.49. The molecule has 0 spiro atoms. The van der Waals surface area contributed by atoms with E-state index in [-0.39, 0.29) is 22.8 Å². The fraction of sp³-hybridized carbons (Fsp3) is 0.387. The van der Waals surface area contributed by atoms with Crippen molar-refractivity contribution in [3.05, 3.63) is 71.3 Å². The molecule has 0 aromatic heterocycles. The molecule has 4 heterocycles. The first-order valence-corrected chi connectivity index (χ1v) is 15.6. The number of rotatable bonds is 5. The topological polar surface area (TPSA) is 99.2 Å². The maximum absolute atomic E-state index is 13.6. The van der Waals surface area contributed by atoms with Crippen molar-refractivity contribution in [3.8, 4) is 16.9 Å². The number of aromatic hydroxyl groups is 1. The molecule has 3 aromatic rings. The van der Waals surface area contributed by atoms with E-state index in [2.05, 4.69) is 54.7 Å². The minimum absolute atomic E-state index is 0.0269. The maximum Gasteiger partial charge on any atom is 0.258 e. The number of benzene rings is 3. The Balaban J connectivity index is 1.32. The average molecular weight is 562 g/mol. The molecule has 2 N–H and O–H groups in total. The number of carbonyl (C=O) groups excluding carboxylic acids is 1. The van der Waals surface area contributed by atoms with Gasteiger partial charge in [0.2, 0.25) is 10.0 Å². The zero-order valence-electron chi connectivity index (χ0n) is 23.3. The second-order valence-corrected chi connectivity index (χ2v) is 13.9. The lowest BCUT2D eigenvalue weighted by Crippen LogP contribution is -2.57. The van der Waals surface area contributed by atoms with Crippen molar-refractivity contribution in [2.24, 2.45) is 0 Å². The summed E-state index contributed by atoms with van der Waals surface area (Å²) in [4.78, 5) is 17.6. The number of fused-ring (bicyclic) bond motifs is 3.